The number of nitrogens with zero attached hydrogens (tertiary/aromatic N) is 2. The maximum atomic E-state index is 5.42. The van der Waals surface area contributed by atoms with E-state index in [4.69, 9.17) is 5.84 Å². The molecule has 5 nitrogen and oxygen atoms in total. The maximum absolute atomic E-state index is 5.42. The molecule has 0 atom stereocenters. The molecule has 1 aromatic heterocycles. The van der Waals surface area contributed by atoms with Gasteiger partial charge in [-0.05, 0) is 39.2 Å². The highest BCUT2D eigenvalue weighted by atomic mass is 15.3. The molecule has 21 heavy (non-hydrogen) atoms. The van der Waals surface area contributed by atoms with Crippen molar-refractivity contribution in [2.45, 2.75) is 39.2 Å². The van der Waals surface area contributed by atoms with Crippen molar-refractivity contribution in [3.05, 3.63) is 47.8 Å². The Labute approximate surface area is 126 Å². The molecule has 112 valence electrons. The quantitative estimate of drug-likeness (QED) is 0.562. The van der Waals surface area contributed by atoms with Crippen LogP contribution < -0.4 is 16.6 Å². The topological polar surface area (TPSA) is 75.9 Å². The molecule has 4 N–H and O–H groups in total. The Morgan fingerprint density at radius 1 is 1.10 bits per heavy atom. The predicted octanol–water partition coefficient (Wildman–Crippen LogP) is 2.89. The van der Waals surface area contributed by atoms with Crippen molar-refractivity contribution in [2.75, 3.05) is 10.7 Å². The first-order valence-electron chi connectivity index (χ1n) is 7.13. The molecule has 0 saturated carbocycles. The van der Waals surface area contributed by atoms with E-state index in [1.54, 1.807) is 0 Å². The van der Waals surface area contributed by atoms with Crippen LogP contribution in [-0.2, 0) is 6.42 Å². The van der Waals surface area contributed by atoms with Gasteiger partial charge in [-0.1, -0.05) is 30.3 Å². The number of anilines is 2. The van der Waals surface area contributed by atoms with Gasteiger partial charge in [0.25, 0.3) is 0 Å². The molecule has 0 spiro atoms. The lowest BCUT2D eigenvalue weighted by atomic mass is 9.95. The van der Waals surface area contributed by atoms with Crippen LogP contribution in [0.5, 0.6) is 0 Å². The van der Waals surface area contributed by atoms with Gasteiger partial charge in [-0.2, -0.15) is 0 Å². The fraction of sp³-hybridized carbons (Fsp3) is 0.375. The van der Waals surface area contributed by atoms with E-state index in [1.165, 1.54) is 5.56 Å². The molecule has 0 aliphatic carbocycles. The number of hydrogen-bond acceptors (Lipinski definition) is 5. The van der Waals surface area contributed by atoms with Crippen LogP contribution in [0.1, 0.15) is 31.7 Å². The lowest BCUT2D eigenvalue weighted by molar-refractivity contribution is 0.516. The van der Waals surface area contributed by atoms with Crippen molar-refractivity contribution in [1.82, 2.24) is 9.97 Å². The summed E-state index contributed by atoms with van der Waals surface area (Å²) in [6.45, 7) is 6.19. The van der Waals surface area contributed by atoms with Crippen molar-refractivity contribution < 1.29 is 0 Å². The average molecular weight is 285 g/mol. The Kier molecular flexibility index (Phi) is 4.75. The van der Waals surface area contributed by atoms with E-state index in [-0.39, 0.29) is 5.54 Å². The summed E-state index contributed by atoms with van der Waals surface area (Å²) in [7, 11) is 0. The number of aryl methyl sites for hydroxylation is 2. The zero-order chi connectivity index (χ0) is 15.3. The number of hydrazine groups is 1. The molecule has 0 radical (unpaired) electrons. The van der Waals surface area contributed by atoms with Gasteiger partial charge in [0.2, 0.25) is 0 Å². The Hall–Kier alpha value is -2.14. The predicted molar refractivity (Wildman–Crippen MR) is 87.0 cm³/mol. The normalized spacial score (nSPS) is 11.2. The minimum absolute atomic E-state index is 0.0670. The number of benzene rings is 1. The van der Waals surface area contributed by atoms with Crippen LogP contribution in [0, 0.1) is 6.92 Å². The summed E-state index contributed by atoms with van der Waals surface area (Å²) in [6, 6.07) is 12.3. The first kappa shape index (κ1) is 15.3. The first-order chi connectivity index (χ1) is 9.98. The van der Waals surface area contributed by atoms with Gasteiger partial charge in [-0.3, -0.25) is 0 Å². The van der Waals surface area contributed by atoms with E-state index in [0.29, 0.717) is 11.6 Å². The third kappa shape index (κ3) is 4.72. The molecule has 0 amide bonds. The number of nitrogen functional groups attached to an aromatic ring is 1. The molecule has 1 aromatic carbocycles. The molecule has 1 heterocycles. The second-order valence-corrected chi connectivity index (χ2v) is 5.82. The SMILES string of the molecule is Cc1nc(NN)cc(NC(C)(C)CCc2ccccc2)n1. The highest BCUT2D eigenvalue weighted by Crippen LogP contribution is 2.20. The van der Waals surface area contributed by atoms with E-state index in [9.17, 15) is 0 Å². The number of rotatable bonds is 6. The number of hydrogen-bond donors (Lipinski definition) is 3. The minimum atomic E-state index is -0.0670. The monoisotopic (exact) mass is 285 g/mol. The Morgan fingerprint density at radius 2 is 1.76 bits per heavy atom. The van der Waals surface area contributed by atoms with Crippen molar-refractivity contribution in [3.8, 4) is 0 Å². The third-order valence-electron chi connectivity index (χ3n) is 3.33. The van der Waals surface area contributed by atoms with Gasteiger partial charge in [0, 0.05) is 11.6 Å². The van der Waals surface area contributed by atoms with Crippen molar-refractivity contribution in [2.24, 2.45) is 5.84 Å². The van der Waals surface area contributed by atoms with Gasteiger partial charge < -0.3 is 10.7 Å². The summed E-state index contributed by atoms with van der Waals surface area (Å²) in [6.07, 6.45) is 2.03. The van der Waals surface area contributed by atoms with Crippen molar-refractivity contribution >= 4 is 11.6 Å². The Bertz CT molecular complexity index is 580. The van der Waals surface area contributed by atoms with E-state index in [1.807, 2.05) is 19.1 Å². The summed E-state index contributed by atoms with van der Waals surface area (Å²) in [5.74, 6) is 7.51. The molecule has 2 rings (SSSR count). The zero-order valence-corrected chi connectivity index (χ0v) is 12.9. The van der Waals surface area contributed by atoms with Gasteiger partial charge >= 0.3 is 0 Å². The van der Waals surface area contributed by atoms with E-state index >= 15 is 0 Å². The fourth-order valence-electron chi connectivity index (χ4n) is 2.22. The van der Waals surface area contributed by atoms with E-state index in [2.05, 4.69) is 58.8 Å². The molecule has 0 fully saturated rings. The number of nitrogens with two attached hydrogens (primary N) is 1. The van der Waals surface area contributed by atoms with Gasteiger partial charge in [0.05, 0.1) is 0 Å². The summed E-state index contributed by atoms with van der Waals surface area (Å²) < 4.78 is 0. The van der Waals surface area contributed by atoms with Crippen LogP contribution in [0.2, 0.25) is 0 Å². The molecule has 0 aliphatic heterocycles. The lowest BCUT2D eigenvalue weighted by Crippen LogP contribution is -2.32. The van der Waals surface area contributed by atoms with Crippen LogP contribution in [-0.4, -0.2) is 15.5 Å². The zero-order valence-electron chi connectivity index (χ0n) is 12.9. The van der Waals surface area contributed by atoms with Gasteiger partial charge in [-0.25, -0.2) is 15.8 Å². The van der Waals surface area contributed by atoms with Gasteiger partial charge in [0.15, 0.2) is 0 Å². The first-order valence-corrected chi connectivity index (χ1v) is 7.13. The van der Waals surface area contributed by atoms with Crippen molar-refractivity contribution in [3.63, 3.8) is 0 Å². The Balaban J connectivity index is 2.01. The number of aromatic nitrogens is 2. The van der Waals surface area contributed by atoms with Crippen molar-refractivity contribution in [1.29, 1.82) is 0 Å². The molecule has 0 saturated heterocycles. The number of nitrogens with one attached hydrogen (secondary N) is 2. The van der Waals surface area contributed by atoms with Gasteiger partial charge in [0.1, 0.15) is 17.5 Å². The summed E-state index contributed by atoms with van der Waals surface area (Å²) in [5.41, 5.74) is 3.84. The second-order valence-electron chi connectivity index (χ2n) is 5.82. The molecule has 0 bridgehead atoms. The van der Waals surface area contributed by atoms with Crippen LogP contribution in [0.4, 0.5) is 11.6 Å². The average Bonchev–Trinajstić information content (AvgIpc) is 2.45. The van der Waals surface area contributed by atoms with Crippen LogP contribution in [0.3, 0.4) is 0 Å². The van der Waals surface area contributed by atoms with E-state index in [0.717, 1.165) is 18.7 Å². The molecule has 0 aliphatic rings. The smallest absolute Gasteiger partial charge is 0.145 e. The highest BCUT2D eigenvalue weighted by molar-refractivity contribution is 5.48. The largest absolute Gasteiger partial charge is 0.365 e. The summed E-state index contributed by atoms with van der Waals surface area (Å²) in [5, 5.41) is 3.46. The van der Waals surface area contributed by atoms with Crippen LogP contribution >= 0.6 is 0 Å². The summed E-state index contributed by atoms with van der Waals surface area (Å²) in [4.78, 5) is 8.59. The summed E-state index contributed by atoms with van der Waals surface area (Å²) >= 11 is 0. The molecule has 5 heteroatoms. The molecule has 2 aromatic rings. The third-order valence-corrected chi connectivity index (χ3v) is 3.33. The standard InChI is InChI=1S/C16H23N5/c1-12-18-14(11-15(19-12)21-17)20-16(2,3)10-9-13-7-5-4-6-8-13/h4-8,11H,9-10,17H2,1-3H3,(H2,18,19,20,21). The van der Waals surface area contributed by atoms with Crippen LogP contribution in [0.15, 0.2) is 36.4 Å². The van der Waals surface area contributed by atoms with Gasteiger partial charge in [-0.15, -0.1) is 0 Å². The molecular formula is C16H23N5. The Morgan fingerprint density at radius 3 is 2.43 bits per heavy atom. The maximum Gasteiger partial charge on any atom is 0.145 e. The lowest BCUT2D eigenvalue weighted by Gasteiger charge is -2.27. The van der Waals surface area contributed by atoms with Crippen LogP contribution in [0.25, 0.3) is 0 Å². The van der Waals surface area contributed by atoms with E-state index < -0.39 is 0 Å². The molecular weight excluding hydrogens is 262 g/mol. The minimum Gasteiger partial charge on any atom is -0.365 e. The highest BCUT2D eigenvalue weighted by Gasteiger charge is 2.18. The second kappa shape index (κ2) is 6.54. The molecule has 0 unspecified atom stereocenters. The fourth-order valence-corrected chi connectivity index (χ4v) is 2.22.